The van der Waals surface area contributed by atoms with Crippen LogP contribution in [0, 0.1) is 0 Å². The second-order valence-corrected chi connectivity index (χ2v) is 7.17. The summed E-state index contributed by atoms with van der Waals surface area (Å²) in [5.41, 5.74) is 2.28. The van der Waals surface area contributed by atoms with E-state index in [1.165, 1.54) is 0 Å². The molecule has 7 heteroatoms. The van der Waals surface area contributed by atoms with Crippen LogP contribution in [0.4, 0.5) is 4.79 Å². The van der Waals surface area contributed by atoms with Gasteiger partial charge in [0.1, 0.15) is 5.75 Å². The number of hydrogen-bond donors (Lipinski definition) is 1. The van der Waals surface area contributed by atoms with Crippen molar-refractivity contribution < 1.29 is 14.3 Å². The van der Waals surface area contributed by atoms with E-state index in [4.69, 9.17) is 4.74 Å². The highest BCUT2D eigenvalue weighted by Gasteiger charge is 2.43. The van der Waals surface area contributed by atoms with Crippen LogP contribution < -0.4 is 10.1 Å². The van der Waals surface area contributed by atoms with Gasteiger partial charge in [-0.05, 0) is 38.7 Å². The van der Waals surface area contributed by atoms with E-state index in [1.54, 1.807) is 11.0 Å². The van der Waals surface area contributed by atoms with E-state index in [0.717, 1.165) is 23.6 Å². The number of likely N-dealkylation sites (N-methyl/N-ethyl adjacent to an activating group) is 1. The molecule has 1 aromatic carbocycles. The van der Waals surface area contributed by atoms with Crippen molar-refractivity contribution in [2.24, 2.45) is 0 Å². The number of amides is 3. The third kappa shape index (κ3) is 3.89. The van der Waals surface area contributed by atoms with Crippen molar-refractivity contribution in [3.8, 4) is 5.75 Å². The molecule has 0 aromatic heterocycles. The second-order valence-electron chi connectivity index (χ2n) is 7.17. The maximum Gasteiger partial charge on any atom is 0.322 e. The first-order valence-electron chi connectivity index (χ1n) is 9.55. The number of rotatable bonds is 8. The van der Waals surface area contributed by atoms with Gasteiger partial charge in [0.15, 0.2) is 0 Å². The number of nitrogens with one attached hydrogen (secondary N) is 1. The van der Waals surface area contributed by atoms with E-state index in [-0.39, 0.29) is 11.9 Å². The fourth-order valence-electron chi connectivity index (χ4n) is 3.55. The summed E-state index contributed by atoms with van der Waals surface area (Å²) in [5, 5.41) is 2.99. The molecule has 1 unspecified atom stereocenters. The normalized spacial score (nSPS) is 19.2. The summed E-state index contributed by atoms with van der Waals surface area (Å²) < 4.78 is 5.50. The molecule has 150 valence electrons. The van der Waals surface area contributed by atoms with Crippen LogP contribution in [0.25, 0.3) is 0 Å². The Labute approximate surface area is 166 Å². The van der Waals surface area contributed by atoms with Crippen LogP contribution in [-0.4, -0.2) is 73.5 Å². The fraction of sp³-hybridized carbons (Fsp3) is 0.429. The van der Waals surface area contributed by atoms with Crippen molar-refractivity contribution in [3.63, 3.8) is 0 Å². The Morgan fingerprint density at radius 1 is 1.29 bits per heavy atom. The smallest absolute Gasteiger partial charge is 0.322 e. The molecule has 1 atom stereocenters. The number of nitrogens with zero attached hydrogens (tertiary/aromatic N) is 3. The molecule has 7 nitrogen and oxygen atoms in total. The van der Waals surface area contributed by atoms with Gasteiger partial charge in [0.25, 0.3) is 5.91 Å². The Bertz CT molecular complexity index is 785. The van der Waals surface area contributed by atoms with Crippen LogP contribution in [0.2, 0.25) is 0 Å². The Kier molecular flexibility index (Phi) is 6.04. The Balaban J connectivity index is 1.93. The minimum absolute atomic E-state index is 0.0233. The van der Waals surface area contributed by atoms with Gasteiger partial charge in [-0.2, -0.15) is 0 Å². The maximum atomic E-state index is 13.2. The zero-order valence-electron chi connectivity index (χ0n) is 16.8. The number of urea groups is 1. The largest absolute Gasteiger partial charge is 0.494 e. The number of hydrogen-bond acceptors (Lipinski definition) is 4. The van der Waals surface area contributed by atoms with Crippen LogP contribution in [0.15, 0.2) is 48.2 Å². The van der Waals surface area contributed by atoms with Crippen LogP contribution in [0.5, 0.6) is 5.75 Å². The second kappa shape index (κ2) is 8.48. The molecule has 0 radical (unpaired) electrons. The lowest BCUT2D eigenvalue weighted by Crippen LogP contribution is -2.47. The molecule has 28 heavy (non-hydrogen) atoms. The van der Waals surface area contributed by atoms with Crippen molar-refractivity contribution in [1.29, 1.82) is 0 Å². The van der Waals surface area contributed by atoms with Gasteiger partial charge in [-0.1, -0.05) is 18.2 Å². The predicted octanol–water partition coefficient (Wildman–Crippen LogP) is 2.00. The molecular weight excluding hydrogens is 356 g/mol. The van der Waals surface area contributed by atoms with Gasteiger partial charge in [-0.25, -0.2) is 4.79 Å². The number of carbonyl (C=O) groups excluding carboxylic acids is 2. The van der Waals surface area contributed by atoms with Crippen LogP contribution in [0.3, 0.4) is 0 Å². The van der Waals surface area contributed by atoms with Crippen LogP contribution in [0.1, 0.15) is 18.5 Å². The van der Waals surface area contributed by atoms with Gasteiger partial charge in [0.05, 0.1) is 30.5 Å². The number of ether oxygens (including phenoxy) is 1. The summed E-state index contributed by atoms with van der Waals surface area (Å²) in [5.74, 6) is 0.742. The highest BCUT2D eigenvalue weighted by Crippen LogP contribution is 2.36. The van der Waals surface area contributed by atoms with Gasteiger partial charge in [0.2, 0.25) is 0 Å². The minimum atomic E-state index is -0.462. The molecule has 0 saturated heterocycles. The van der Waals surface area contributed by atoms with Gasteiger partial charge in [-0.3, -0.25) is 9.69 Å². The van der Waals surface area contributed by atoms with E-state index in [2.05, 4.69) is 11.9 Å². The molecule has 2 heterocycles. The first-order chi connectivity index (χ1) is 13.5. The summed E-state index contributed by atoms with van der Waals surface area (Å²) in [6.07, 6.45) is 1.67. The van der Waals surface area contributed by atoms with Crippen molar-refractivity contribution in [2.75, 3.05) is 46.9 Å². The highest BCUT2D eigenvalue weighted by molar-refractivity contribution is 6.01. The standard InChI is InChI=1S/C21H28N4O3/c1-5-11-25-17-14-24(13-12-23(3)4)20(26)18(17)19(22-21(25)27)15-7-9-16(10-8-15)28-6-2/h5,7-10,19H,1,6,11-14H2,2-4H3,(H,22,27). The fourth-order valence-corrected chi connectivity index (χ4v) is 3.55. The topological polar surface area (TPSA) is 65.1 Å². The zero-order valence-corrected chi connectivity index (χ0v) is 16.8. The lowest BCUT2D eigenvalue weighted by atomic mass is 9.95. The SMILES string of the molecule is C=CCN1C(=O)NC(c2ccc(OCC)cc2)C2=C1CN(CCN(C)C)C2=O. The van der Waals surface area contributed by atoms with E-state index < -0.39 is 6.04 Å². The molecule has 2 aliphatic heterocycles. The Hall–Kier alpha value is -2.80. The molecule has 0 fully saturated rings. The quantitative estimate of drug-likeness (QED) is 0.697. The monoisotopic (exact) mass is 384 g/mol. The first kappa shape index (κ1) is 19.9. The molecule has 1 aromatic rings. The summed E-state index contributed by atoms with van der Waals surface area (Å²) in [6.45, 7) is 8.46. The molecule has 2 aliphatic rings. The van der Waals surface area contributed by atoms with Gasteiger partial charge in [0, 0.05) is 19.6 Å². The van der Waals surface area contributed by atoms with Crippen LogP contribution in [-0.2, 0) is 4.79 Å². The van der Waals surface area contributed by atoms with Gasteiger partial charge < -0.3 is 19.9 Å². The van der Waals surface area contributed by atoms with E-state index in [0.29, 0.717) is 31.8 Å². The lowest BCUT2D eigenvalue weighted by molar-refractivity contribution is -0.125. The summed E-state index contributed by atoms with van der Waals surface area (Å²) in [4.78, 5) is 31.4. The molecule has 1 N–H and O–H groups in total. The summed E-state index contributed by atoms with van der Waals surface area (Å²) >= 11 is 0. The van der Waals surface area contributed by atoms with Gasteiger partial charge in [-0.15, -0.1) is 6.58 Å². The molecule has 0 bridgehead atoms. The van der Waals surface area contributed by atoms with Gasteiger partial charge >= 0.3 is 6.03 Å². The molecule has 0 saturated carbocycles. The molecular formula is C21H28N4O3. The summed E-state index contributed by atoms with van der Waals surface area (Å²) in [6, 6.07) is 6.87. The molecule has 0 aliphatic carbocycles. The number of benzene rings is 1. The van der Waals surface area contributed by atoms with E-state index in [1.807, 2.05) is 55.1 Å². The van der Waals surface area contributed by atoms with E-state index >= 15 is 0 Å². The molecule has 3 rings (SSSR count). The third-order valence-electron chi connectivity index (χ3n) is 4.95. The zero-order chi connectivity index (χ0) is 20.3. The number of carbonyl (C=O) groups is 2. The van der Waals surface area contributed by atoms with Crippen LogP contribution >= 0.6 is 0 Å². The average molecular weight is 384 g/mol. The Morgan fingerprint density at radius 3 is 2.61 bits per heavy atom. The predicted molar refractivity (Wildman–Crippen MR) is 108 cm³/mol. The van der Waals surface area contributed by atoms with Crippen molar-refractivity contribution in [1.82, 2.24) is 20.0 Å². The molecule has 0 spiro atoms. The third-order valence-corrected chi connectivity index (χ3v) is 4.95. The maximum absolute atomic E-state index is 13.2. The molecule has 3 amide bonds. The van der Waals surface area contributed by atoms with Crippen molar-refractivity contribution in [3.05, 3.63) is 53.8 Å². The minimum Gasteiger partial charge on any atom is -0.494 e. The highest BCUT2D eigenvalue weighted by atomic mass is 16.5. The van der Waals surface area contributed by atoms with E-state index in [9.17, 15) is 9.59 Å². The summed E-state index contributed by atoms with van der Waals surface area (Å²) in [7, 11) is 3.96. The Morgan fingerprint density at radius 2 is 2.00 bits per heavy atom. The first-order valence-corrected chi connectivity index (χ1v) is 9.55. The lowest BCUT2D eigenvalue weighted by Gasteiger charge is -2.33. The average Bonchev–Trinajstić information content (AvgIpc) is 3.00. The van der Waals surface area contributed by atoms with Crippen molar-refractivity contribution in [2.45, 2.75) is 13.0 Å². The van der Waals surface area contributed by atoms with Crippen molar-refractivity contribution >= 4 is 11.9 Å².